The molecule has 1 unspecified atom stereocenters. The minimum absolute atomic E-state index is 0.169. The van der Waals surface area contributed by atoms with Gasteiger partial charge in [0.25, 0.3) is 12.3 Å². The minimum Gasteiger partial charge on any atom is -0.390 e. The zero-order valence-corrected chi connectivity index (χ0v) is 13.0. The summed E-state index contributed by atoms with van der Waals surface area (Å²) >= 11 is 0. The Hall–Kier alpha value is -2.36. The molecular formula is C14H14FN5O5. The first kappa shape index (κ1) is 16.1. The standard InChI is InChI=1S/C14H14FN5O5/c1-22-12-23-9-10(24-12)14(15,5-21)25-13(9,4-16)8-3-2-7-11(17)18-6-19-20(7)8/h2-3,6,9-10,12,21H,5H2,1H3,(H2,17,18,19)/t9-,10+,12?,13+,14-/m1/s1. The van der Waals surface area contributed by atoms with Crippen LogP contribution in [-0.4, -0.2) is 58.0 Å². The molecule has 25 heavy (non-hydrogen) atoms. The van der Waals surface area contributed by atoms with Gasteiger partial charge in [-0.15, -0.1) is 0 Å². The highest BCUT2D eigenvalue weighted by molar-refractivity contribution is 5.66. The van der Waals surface area contributed by atoms with Crippen molar-refractivity contribution in [1.82, 2.24) is 14.6 Å². The fourth-order valence-corrected chi connectivity index (χ4v) is 3.24. The summed E-state index contributed by atoms with van der Waals surface area (Å²) in [6.07, 6.45) is -1.37. The van der Waals surface area contributed by atoms with Crippen LogP contribution in [0.2, 0.25) is 0 Å². The summed E-state index contributed by atoms with van der Waals surface area (Å²) in [6, 6.07) is 5.02. The zero-order valence-electron chi connectivity index (χ0n) is 13.0. The molecule has 4 heterocycles. The van der Waals surface area contributed by atoms with Gasteiger partial charge in [-0.05, 0) is 12.1 Å². The van der Waals surface area contributed by atoms with E-state index in [1.165, 1.54) is 24.0 Å². The van der Waals surface area contributed by atoms with E-state index in [-0.39, 0.29) is 11.5 Å². The smallest absolute Gasteiger partial charge is 0.272 e. The van der Waals surface area contributed by atoms with Crippen LogP contribution >= 0.6 is 0 Å². The van der Waals surface area contributed by atoms with Gasteiger partial charge >= 0.3 is 0 Å². The number of fused-ring (bicyclic) bond motifs is 2. The largest absolute Gasteiger partial charge is 0.390 e. The van der Waals surface area contributed by atoms with E-state index in [0.29, 0.717) is 5.52 Å². The second-order valence-electron chi connectivity index (χ2n) is 5.69. The molecule has 11 heteroatoms. The van der Waals surface area contributed by atoms with Crippen LogP contribution < -0.4 is 5.73 Å². The molecule has 2 aromatic rings. The van der Waals surface area contributed by atoms with Gasteiger partial charge in [-0.25, -0.2) is 13.9 Å². The number of rotatable bonds is 3. The number of aromatic nitrogens is 3. The molecule has 2 aliphatic heterocycles. The summed E-state index contributed by atoms with van der Waals surface area (Å²) < 4.78 is 37.6. The Kier molecular flexibility index (Phi) is 3.43. The summed E-state index contributed by atoms with van der Waals surface area (Å²) in [4.78, 5) is 3.86. The Morgan fingerprint density at radius 3 is 2.92 bits per heavy atom. The van der Waals surface area contributed by atoms with Gasteiger partial charge in [0.15, 0.2) is 11.9 Å². The molecule has 0 radical (unpaired) electrons. The first-order valence-corrected chi connectivity index (χ1v) is 7.32. The number of aliphatic hydroxyl groups excluding tert-OH is 1. The van der Waals surface area contributed by atoms with Crippen molar-refractivity contribution in [1.29, 1.82) is 5.26 Å². The molecule has 3 N–H and O–H groups in total. The van der Waals surface area contributed by atoms with E-state index in [4.69, 9.17) is 24.7 Å². The van der Waals surface area contributed by atoms with E-state index in [1.807, 2.05) is 6.07 Å². The Labute approximate surface area is 140 Å². The van der Waals surface area contributed by atoms with Crippen molar-refractivity contribution in [2.45, 2.75) is 30.1 Å². The summed E-state index contributed by atoms with van der Waals surface area (Å²) in [7, 11) is 1.31. The second kappa shape index (κ2) is 5.32. The van der Waals surface area contributed by atoms with E-state index >= 15 is 4.39 Å². The second-order valence-corrected chi connectivity index (χ2v) is 5.69. The predicted octanol–water partition coefficient (Wildman–Crippen LogP) is -0.567. The van der Waals surface area contributed by atoms with Crippen LogP contribution in [0, 0.1) is 11.3 Å². The summed E-state index contributed by atoms with van der Waals surface area (Å²) in [5, 5.41) is 23.4. The minimum atomic E-state index is -2.66. The molecule has 2 aliphatic rings. The topological polar surface area (TPSA) is 137 Å². The van der Waals surface area contributed by atoms with Crippen molar-refractivity contribution < 1.29 is 28.4 Å². The van der Waals surface area contributed by atoms with Crippen molar-refractivity contribution in [3.63, 3.8) is 0 Å². The van der Waals surface area contributed by atoms with Crippen LogP contribution in [0.25, 0.3) is 5.52 Å². The number of ether oxygens (including phenoxy) is 4. The number of anilines is 1. The van der Waals surface area contributed by atoms with E-state index in [2.05, 4.69) is 10.1 Å². The van der Waals surface area contributed by atoms with Crippen LogP contribution in [0.15, 0.2) is 18.5 Å². The van der Waals surface area contributed by atoms with Gasteiger partial charge in [-0.2, -0.15) is 10.4 Å². The molecule has 0 bridgehead atoms. The van der Waals surface area contributed by atoms with Gasteiger partial charge in [0.1, 0.15) is 30.6 Å². The molecule has 0 amide bonds. The van der Waals surface area contributed by atoms with Gasteiger partial charge in [-0.1, -0.05) is 0 Å². The van der Waals surface area contributed by atoms with Crippen molar-refractivity contribution in [2.24, 2.45) is 0 Å². The normalized spacial score (nSPS) is 37.3. The number of nitrogen functional groups attached to an aromatic ring is 1. The van der Waals surface area contributed by atoms with Crippen LogP contribution in [0.1, 0.15) is 5.69 Å². The van der Waals surface area contributed by atoms with E-state index in [9.17, 15) is 10.4 Å². The quantitative estimate of drug-likeness (QED) is 0.744. The average molecular weight is 351 g/mol. The maximum absolute atomic E-state index is 15.1. The first-order chi connectivity index (χ1) is 12.0. The van der Waals surface area contributed by atoms with E-state index in [1.54, 1.807) is 6.07 Å². The highest BCUT2D eigenvalue weighted by Crippen LogP contribution is 2.51. The molecule has 0 saturated carbocycles. The lowest BCUT2D eigenvalue weighted by Gasteiger charge is -2.27. The summed E-state index contributed by atoms with van der Waals surface area (Å²) in [5.41, 5.74) is 4.44. The Morgan fingerprint density at radius 2 is 2.24 bits per heavy atom. The summed E-state index contributed by atoms with van der Waals surface area (Å²) in [6.45, 7) is -2.23. The lowest BCUT2D eigenvalue weighted by Crippen LogP contribution is -2.41. The van der Waals surface area contributed by atoms with Crippen molar-refractivity contribution in [3.05, 3.63) is 24.2 Å². The third-order valence-electron chi connectivity index (χ3n) is 4.38. The molecule has 2 aromatic heterocycles. The van der Waals surface area contributed by atoms with Crippen LogP contribution in [-0.2, 0) is 24.5 Å². The molecule has 5 atom stereocenters. The van der Waals surface area contributed by atoms with Gasteiger partial charge < -0.3 is 29.8 Å². The Balaban J connectivity index is 1.91. The number of alkyl halides is 1. The third kappa shape index (κ3) is 2.00. The molecule has 0 aromatic carbocycles. The van der Waals surface area contributed by atoms with Gasteiger partial charge in [-0.3, -0.25) is 0 Å². The molecule has 0 spiro atoms. The molecule has 10 nitrogen and oxygen atoms in total. The maximum atomic E-state index is 15.1. The van der Waals surface area contributed by atoms with Crippen LogP contribution in [0.3, 0.4) is 0 Å². The van der Waals surface area contributed by atoms with Gasteiger partial charge in [0.2, 0.25) is 5.60 Å². The molecule has 132 valence electrons. The molecule has 2 saturated heterocycles. The van der Waals surface area contributed by atoms with Crippen molar-refractivity contribution in [2.75, 3.05) is 19.5 Å². The number of nitrogens with two attached hydrogens (primary N) is 1. The number of methoxy groups -OCH3 is 1. The van der Waals surface area contributed by atoms with E-state index in [0.717, 1.165) is 0 Å². The SMILES string of the molecule is COC1O[C@@H]2[C@H](O1)[C@@](F)(CO)O[C@@]2(C#N)c1ccc2c(N)ncnn12. The third-order valence-corrected chi connectivity index (χ3v) is 4.38. The van der Waals surface area contributed by atoms with Crippen LogP contribution in [0.4, 0.5) is 10.2 Å². The maximum Gasteiger partial charge on any atom is 0.272 e. The number of hydrogen-bond donors (Lipinski definition) is 2. The first-order valence-electron chi connectivity index (χ1n) is 7.32. The fourth-order valence-electron chi connectivity index (χ4n) is 3.24. The van der Waals surface area contributed by atoms with Gasteiger partial charge in [0.05, 0.1) is 5.69 Å². The lowest BCUT2D eigenvalue weighted by molar-refractivity contribution is -0.297. The Bertz CT molecular complexity index is 871. The molecular weight excluding hydrogens is 337 g/mol. The molecule has 4 rings (SSSR count). The lowest BCUT2D eigenvalue weighted by atomic mass is 9.92. The molecule has 2 fully saturated rings. The van der Waals surface area contributed by atoms with Crippen molar-refractivity contribution >= 4 is 11.3 Å². The van der Waals surface area contributed by atoms with Crippen molar-refractivity contribution in [3.8, 4) is 6.07 Å². The monoisotopic (exact) mass is 351 g/mol. The number of halogens is 1. The summed E-state index contributed by atoms with van der Waals surface area (Å²) in [5.74, 6) is -2.48. The fraction of sp³-hybridized carbons (Fsp3) is 0.500. The van der Waals surface area contributed by atoms with E-state index < -0.39 is 36.7 Å². The van der Waals surface area contributed by atoms with Gasteiger partial charge in [0, 0.05) is 7.11 Å². The number of hydrogen-bond acceptors (Lipinski definition) is 9. The van der Waals surface area contributed by atoms with Crippen LogP contribution in [0.5, 0.6) is 0 Å². The number of nitriles is 1. The highest BCUT2D eigenvalue weighted by atomic mass is 19.2. The number of aliphatic hydroxyl groups is 1. The number of nitrogens with zero attached hydrogens (tertiary/aromatic N) is 4. The highest BCUT2D eigenvalue weighted by Gasteiger charge is 2.71. The predicted molar refractivity (Wildman–Crippen MR) is 77.2 cm³/mol. The Morgan fingerprint density at radius 1 is 1.48 bits per heavy atom. The zero-order chi connectivity index (χ0) is 17.8. The average Bonchev–Trinajstić information content (AvgIpc) is 3.29. The molecule has 0 aliphatic carbocycles.